The molecule has 0 aliphatic heterocycles. The fraction of sp³-hybridized carbons (Fsp3) is 0.222. The Morgan fingerprint density at radius 1 is 1.29 bits per heavy atom. The second-order valence-electron chi connectivity index (χ2n) is 2.62. The van der Waals surface area contributed by atoms with Gasteiger partial charge in [-0.2, -0.15) is 0 Å². The predicted octanol–water partition coefficient (Wildman–Crippen LogP) is 1.54. The molecule has 1 aromatic rings. The van der Waals surface area contributed by atoms with E-state index in [4.69, 9.17) is 28.3 Å². The van der Waals surface area contributed by atoms with Crippen LogP contribution in [0.3, 0.4) is 0 Å². The highest BCUT2D eigenvalue weighted by molar-refractivity contribution is 6.44. The topological polar surface area (TPSA) is 49.3 Å². The Morgan fingerprint density at radius 3 is 2.36 bits per heavy atom. The Hall–Kier alpha value is -0.770. The lowest BCUT2D eigenvalue weighted by Crippen LogP contribution is -2.38. The van der Waals surface area contributed by atoms with Crippen LogP contribution < -0.4 is 5.32 Å². The van der Waals surface area contributed by atoms with Crippen molar-refractivity contribution in [2.24, 2.45) is 0 Å². The molecule has 0 saturated carbocycles. The van der Waals surface area contributed by atoms with Crippen LogP contribution in [0.4, 0.5) is 0 Å². The zero-order valence-corrected chi connectivity index (χ0v) is 8.66. The van der Waals surface area contributed by atoms with E-state index in [1.54, 1.807) is 30.3 Å². The van der Waals surface area contributed by atoms with E-state index in [9.17, 15) is 4.79 Å². The third-order valence-electron chi connectivity index (χ3n) is 1.55. The summed E-state index contributed by atoms with van der Waals surface area (Å²) in [4.78, 5) is 10.3. The Kier molecular flexibility index (Phi) is 4.20. The number of halogens is 2. The summed E-state index contributed by atoms with van der Waals surface area (Å²) in [5.74, 6) is -0.413. The first-order valence-electron chi connectivity index (χ1n) is 3.93. The van der Waals surface area contributed by atoms with Crippen LogP contribution in [0.15, 0.2) is 30.3 Å². The SMILES string of the molecule is O=C(N[C@H](O)C(Cl)Cl)c1ccccc1. The number of hydrogen-bond donors (Lipinski definition) is 2. The van der Waals surface area contributed by atoms with Crippen molar-refractivity contribution in [3.8, 4) is 0 Å². The Bertz CT molecular complexity index is 303. The minimum absolute atomic E-state index is 0.413. The van der Waals surface area contributed by atoms with Gasteiger partial charge in [0.25, 0.3) is 5.91 Å². The Labute approximate surface area is 91.6 Å². The first kappa shape index (κ1) is 11.3. The van der Waals surface area contributed by atoms with Gasteiger partial charge in [-0.15, -0.1) is 23.2 Å². The fourth-order valence-electron chi connectivity index (χ4n) is 0.870. The van der Waals surface area contributed by atoms with E-state index in [0.717, 1.165) is 0 Å². The molecule has 0 aromatic heterocycles. The molecule has 0 spiro atoms. The number of hydrogen-bond acceptors (Lipinski definition) is 2. The van der Waals surface area contributed by atoms with Crippen LogP contribution in [-0.4, -0.2) is 22.1 Å². The minimum Gasteiger partial charge on any atom is -0.371 e. The molecule has 5 heteroatoms. The molecular formula is C9H9Cl2NO2. The lowest BCUT2D eigenvalue weighted by molar-refractivity contribution is 0.0809. The molecule has 2 N–H and O–H groups in total. The van der Waals surface area contributed by atoms with Crippen molar-refractivity contribution in [3.63, 3.8) is 0 Å². The zero-order chi connectivity index (χ0) is 10.6. The van der Waals surface area contributed by atoms with Crippen molar-refractivity contribution in [2.75, 3.05) is 0 Å². The number of aliphatic hydroxyl groups is 1. The van der Waals surface area contributed by atoms with Crippen molar-refractivity contribution in [1.82, 2.24) is 5.32 Å². The first-order valence-corrected chi connectivity index (χ1v) is 4.80. The zero-order valence-electron chi connectivity index (χ0n) is 7.15. The van der Waals surface area contributed by atoms with Crippen LogP contribution in [0.1, 0.15) is 10.4 Å². The van der Waals surface area contributed by atoms with Crippen molar-refractivity contribution in [3.05, 3.63) is 35.9 Å². The number of rotatable bonds is 3. The van der Waals surface area contributed by atoms with Gasteiger partial charge in [0.05, 0.1) is 0 Å². The summed E-state index contributed by atoms with van der Waals surface area (Å²) < 4.78 is 0. The smallest absolute Gasteiger partial charge is 0.253 e. The summed E-state index contributed by atoms with van der Waals surface area (Å²) in [7, 11) is 0. The van der Waals surface area contributed by atoms with Gasteiger partial charge in [-0.05, 0) is 12.1 Å². The average molecular weight is 234 g/mol. The van der Waals surface area contributed by atoms with Gasteiger partial charge >= 0.3 is 0 Å². The molecule has 76 valence electrons. The van der Waals surface area contributed by atoms with Crippen LogP contribution in [0.25, 0.3) is 0 Å². The van der Waals surface area contributed by atoms with Gasteiger partial charge in [-0.25, -0.2) is 0 Å². The molecule has 0 fully saturated rings. The normalized spacial score (nSPS) is 12.6. The van der Waals surface area contributed by atoms with Crippen LogP contribution in [0.2, 0.25) is 0 Å². The molecule has 0 saturated heterocycles. The maximum atomic E-state index is 11.4. The second-order valence-corrected chi connectivity index (χ2v) is 3.78. The number of aliphatic hydroxyl groups excluding tert-OH is 1. The molecule has 1 atom stereocenters. The summed E-state index contributed by atoms with van der Waals surface area (Å²) in [6.45, 7) is 0. The number of carbonyl (C=O) groups excluding carboxylic acids is 1. The lowest BCUT2D eigenvalue weighted by atomic mass is 10.2. The van der Waals surface area contributed by atoms with E-state index in [-0.39, 0.29) is 0 Å². The van der Waals surface area contributed by atoms with Gasteiger partial charge in [0.2, 0.25) is 0 Å². The van der Waals surface area contributed by atoms with Gasteiger partial charge < -0.3 is 10.4 Å². The molecule has 1 aromatic carbocycles. The largest absolute Gasteiger partial charge is 0.371 e. The molecular weight excluding hydrogens is 225 g/mol. The van der Waals surface area contributed by atoms with Gasteiger partial charge in [0, 0.05) is 5.56 Å². The van der Waals surface area contributed by atoms with E-state index in [1.165, 1.54) is 0 Å². The number of amides is 1. The summed E-state index contributed by atoms with van der Waals surface area (Å²) in [6, 6.07) is 8.48. The molecule has 3 nitrogen and oxygen atoms in total. The lowest BCUT2D eigenvalue weighted by Gasteiger charge is -2.12. The van der Waals surface area contributed by atoms with Gasteiger partial charge in [-0.3, -0.25) is 4.79 Å². The molecule has 0 unspecified atom stereocenters. The van der Waals surface area contributed by atoms with Crippen molar-refractivity contribution in [2.45, 2.75) is 11.1 Å². The standard InChI is InChI=1S/C9H9Cl2NO2/c10-7(11)9(14)12-8(13)6-4-2-1-3-5-6/h1-5,7,9,14H,(H,12,13)/t9-/m1/s1. The van der Waals surface area contributed by atoms with Gasteiger partial charge in [0.15, 0.2) is 11.1 Å². The monoisotopic (exact) mass is 233 g/mol. The maximum Gasteiger partial charge on any atom is 0.253 e. The number of benzene rings is 1. The third-order valence-corrected chi connectivity index (χ3v) is 2.03. The summed E-state index contributed by atoms with van der Waals surface area (Å²) in [5.41, 5.74) is 0.445. The number of alkyl halides is 2. The second kappa shape index (κ2) is 5.20. The number of carbonyl (C=O) groups is 1. The van der Waals surface area contributed by atoms with Crippen LogP contribution in [-0.2, 0) is 0 Å². The third kappa shape index (κ3) is 3.18. The van der Waals surface area contributed by atoms with E-state index < -0.39 is 17.0 Å². The highest BCUT2D eigenvalue weighted by Gasteiger charge is 2.16. The highest BCUT2D eigenvalue weighted by atomic mass is 35.5. The molecule has 0 bridgehead atoms. The molecule has 1 rings (SSSR count). The van der Waals surface area contributed by atoms with E-state index >= 15 is 0 Å². The average Bonchev–Trinajstić information content (AvgIpc) is 2.19. The maximum absolute atomic E-state index is 11.4. The summed E-state index contributed by atoms with van der Waals surface area (Å²) in [5, 5.41) is 11.4. The summed E-state index contributed by atoms with van der Waals surface area (Å²) >= 11 is 10.7. The van der Waals surface area contributed by atoms with Gasteiger partial charge in [-0.1, -0.05) is 18.2 Å². The van der Waals surface area contributed by atoms with Crippen LogP contribution >= 0.6 is 23.2 Å². The quantitative estimate of drug-likeness (QED) is 0.615. The first-order chi connectivity index (χ1) is 6.61. The van der Waals surface area contributed by atoms with Crippen molar-refractivity contribution >= 4 is 29.1 Å². The van der Waals surface area contributed by atoms with Crippen molar-refractivity contribution in [1.29, 1.82) is 0 Å². The molecule has 0 aliphatic carbocycles. The highest BCUT2D eigenvalue weighted by Crippen LogP contribution is 2.06. The molecule has 0 radical (unpaired) electrons. The van der Waals surface area contributed by atoms with E-state index in [0.29, 0.717) is 5.56 Å². The molecule has 1 amide bonds. The van der Waals surface area contributed by atoms with Crippen molar-refractivity contribution < 1.29 is 9.90 Å². The predicted molar refractivity (Wildman–Crippen MR) is 55.4 cm³/mol. The Balaban J connectivity index is 2.60. The number of nitrogens with one attached hydrogen (secondary N) is 1. The summed E-state index contributed by atoms with van der Waals surface area (Å²) in [6.07, 6.45) is -1.26. The minimum atomic E-state index is -1.26. The molecule has 14 heavy (non-hydrogen) atoms. The fourth-order valence-corrected chi connectivity index (χ4v) is 0.996. The van der Waals surface area contributed by atoms with E-state index in [1.807, 2.05) is 0 Å². The van der Waals surface area contributed by atoms with Crippen LogP contribution in [0.5, 0.6) is 0 Å². The molecule has 0 aliphatic rings. The van der Waals surface area contributed by atoms with Gasteiger partial charge in [0.1, 0.15) is 0 Å². The van der Waals surface area contributed by atoms with E-state index in [2.05, 4.69) is 5.32 Å². The van der Waals surface area contributed by atoms with Crippen LogP contribution in [0, 0.1) is 0 Å². The Morgan fingerprint density at radius 2 is 1.86 bits per heavy atom. The molecule has 0 heterocycles.